The predicted molar refractivity (Wildman–Crippen MR) is 87.0 cm³/mol. The first-order valence-corrected chi connectivity index (χ1v) is 7.48. The van der Waals surface area contributed by atoms with Crippen LogP contribution in [0.25, 0.3) is 10.9 Å². The van der Waals surface area contributed by atoms with Gasteiger partial charge in [0, 0.05) is 23.5 Å². The molecule has 0 aliphatic heterocycles. The van der Waals surface area contributed by atoms with Crippen LogP contribution in [0, 0.1) is 5.92 Å². The van der Waals surface area contributed by atoms with Crippen LogP contribution in [0.1, 0.15) is 33.1 Å². The maximum atomic E-state index is 12.3. The fourth-order valence-corrected chi connectivity index (χ4v) is 2.34. The molecular weight excluding hydrogens is 262 g/mol. The number of aromatic nitrogens is 1. The summed E-state index contributed by atoms with van der Waals surface area (Å²) >= 11 is 0. The lowest BCUT2D eigenvalue weighted by Gasteiger charge is -2.14. The summed E-state index contributed by atoms with van der Waals surface area (Å²) in [6, 6.07) is 9.89. The lowest BCUT2D eigenvalue weighted by Crippen LogP contribution is -2.21. The fraction of sp³-hybridized carbons (Fsp3) is 0.412. The van der Waals surface area contributed by atoms with Gasteiger partial charge in [-0.1, -0.05) is 31.5 Å². The van der Waals surface area contributed by atoms with Gasteiger partial charge in [-0.05, 0) is 31.9 Å². The Bertz CT molecular complexity index is 605. The minimum atomic E-state index is -0.0253. The second-order valence-electron chi connectivity index (χ2n) is 5.68. The average molecular weight is 285 g/mol. The smallest absolute Gasteiger partial charge is 0.227 e. The number of nitrogens with two attached hydrogens (primary N) is 1. The molecule has 0 radical (unpaired) electrons. The highest BCUT2D eigenvalue weighted by atomic mass is 16.1. The number of pyridine rings is 1. The number of anilines is 1. The van der Waals surface area contributed by atoms with E-state index in [0.717, 1.165) is 35.9 Å². The Morgan fingerprint density at radius 2 is 2.00 bits per heavy atom. The highest BCUT2D eigenvalue weighted by Crippen LogP contribution is 2.21. The molecule has 0 saturated carbocycles. The van der Waals surface area contributed by atoms with Gasteiger partial charge in [0.1, 0.15) is 0 Å². The maximum absolute atomic E-state index is 12.3. The fourth-order valence-electron chi connectivity index (χ4n) is 2.34. The van der Waals surface area contributed by atoms with Crippen molar-refractivity contribution < 1.29 is 4.79 Å². The highest BCUT2D eigenvalue weighted by Gasteiger charge is 2.14. The first kappa shape index (κ1) is 15.4. The normalized spacial score (nSPS) is 13.9. The van der Waals surface area contributed by atoms with Crippen molar-refractivity contribution in [2.24, 2.45) is 11.7 Å². The summed E-state index contributed by atoms with van der Waals surface area (Å²) in [5.74, 6) is 0.0144. The number of rotatable bonds is 6. The van der Waals surface area contributed by atoms with E-state index in [-0.39, 0.29) is 17.9 Å². The molecule has 2 unspecified atom stereocenters. The second-order valence-corrected chi connectivity index (χ2v) is 5.68. The van der Waals surface area contributed by atoms with Gasteiger partial charge < -0.3 is 11.1 Å². The molecule has 1 aromatic heterocycles. The Morgan fingerprint density at radius 3 is 2.76 bits per heavy atom. The number of hydrogen-bond donors (Lipinski definition) is 2. The zero-order valence-corrected chi connectivity index (χ0v) is 12.7. The number of carbonyl (C=O) groups excluding carboxylic acids is 1. The Labute approximate surface area is 125 Å². The van der Waals surface area contributed by atoms with Crippen LogP contribution in [-0.4, -0.2) is 16.9 Å². The topological polar surface area (TPSA) is 68.0 Å². The summed E-state index contributed by atoms with van der Waals surface area (Å²) in [7, 11) is 0. The quantitative estimate of drug-likeness (QED) is 0.855. The molecule has 2 atom stereocenters. The summed E-state index contributed by atoms with van der Waals surface area (Å²) in [6.45, 7) is 3.95. The minimum absolute atomic E-state index is 0.0253. The number of para-hydroxylation sites is 1. The molecule has 2 rings (SSSR count). The van der Waals surface area contributed by atoms with Gasteiger partial charge in [-0.25, -0.2) is 0 Å². The van der Waals surface area contributed by atoms with Crippen molar-refractivity contribution in [3.05, 3.63) is 36.5 Å². The van der Waals surface area contributed by atoms with Gasteiger partial charge >= 0.3 is 0 Å². The van der Waals surface area contributed by atoms with Gasteiger partial charge in [0.15, 0.2) is 0 Å². The molecule has 1 amide bonds. The van der Waals surface area contributed by atoms with Crippen molar-refractivity contribution in [2.45, 2.75) is 39.2 Å². The Kier molecular flexibility index (Phi) is 5.28. The van der Waals surface area contributed by atoms with E-state index in [2.05, 4.69) is 10.3 Å². The van der Waals surface area contributed by atoms with E-state index in [4.69, 9.17) is 5.73 Å². The molecule has 21 heavy (non-hydrogen) atoms. The number of amides is 1. The van der Waals surface area contributed by atoms with Gasteiger partial charge in [0.2, 0.25) is 5.91 Å². The van der Waals surface area contributed by atoms with Gasteiger partial charge in [-0.2, -0.15) is 0 Å². The van der Waals surface area contributed by atoms with E-state index < -0.39 is 0 Å². The van der Waals surface area contributed by atoms with Crippen molar-refractivity contribution in [1.29, 1.82) is 0 Å². The molecular formula is C17H23N3O. The highest BCUT2D eigenvalue weighted by molar-refractivity contribution is 6.00. The lowest BCUT2D eigenvalue weighted by molar-refractivity contribution is -0.119. The van der Waals surface area contributed by atoms with Gasteiger partial charge in [-0.3, -0.25) is 9.78 Å². The molecule has 0 saturated heterocycles. The van der Waals surface area contributed by atoms with E-state index in [1.54, 1.807) is 6.20 Å². The number of nitrogens with zero attached hydrogens (tertiary/aromatic N) is 1. The van der Waals surface area contributed by atoms with E-state index in [0.29, 0.717) is 0 Å². The predicted octanol–water partition coefficient (Wildman–Crippen LogP) is 3.33. The van der Waals surface area contributed by atoms with Gasteiger partial charge in [0.25, 0.3) is 0 Å². The molecule has 1 heterocycles. The minimum Gasteiger partial charge on any atom is -0.328 e. The van der Waals surface area contributed by atoms with Crippen LogP contribution in [0.3, 0.4) is 0 Å². The first-order chi connectivity index (χ1) is 10.1. The van der Waals surface area contributed by atoms with E-state index in [9.17, 15) is 4.79 Å². The third-order valence-electron chi connectivity index (χ3n) is 3.63. The second kappa shape index (κ2) is 7.18. The number of benzene rings is 1. The largest absolute Gasteiger partial charge is 0.328 e. The molecule has 0 aliphatic rings. The van der Waals surface area contributed by atoms with Crippen LogP contribution >= 0.6 is 0 Å². The van der Waals surface area contributed by atoms with E-state index in [1.807, 2.05) is 44.2 Å². The number of hydrogen-bond acceptors (Lipinski definition) is 3. The first-order valence-electron chi connectivity index (χ1n) is 7.48. The molecule has 1 aromatic carbocycles. The van der Waals surface area contributed by atoms with Crippen LogP contribution in [0.4, 0.5) is 5.69 Å². The number of carbonyl (C=O) groups is 1. The monoisotopic (exact) mass is 285 g/mol. The van der Waals surface area contributed by atoms with Crippen LogP contribution in [0.15, 0.2) is 36.5 Å². The van der Waals surface area contributed by atoms with Gasteiger partial charge in [0.05, 0.1) is 11.2 Å². The molecule has 0 aliphatic carbocycles. The molecule has 112 valence electrons. The van der Waals surface area contributed by atoms with E-state index in [1.165, 1.54) is 0 Å². The SMILES string of the molecule is CC(N)CCCC(C)C(=O)Nc1cccc2cccnc12. The molecule has 2 aromatic rings. The lowest BCUT2D eigenvalue weighted by atomic mass is 10.0. The van der Waals surface area contributed by atoms with Gasteiger partial charge in [-0.15, -0.1) is 0 Å². The Hall–Kier alpha value is -1.94. The van der Waals surface area contributed by atoms with Crippen molar-refractivity contribution in [2.75, 3.05) is 5.32 Å². The molecule has 3 N–H and O–H groups in total. The Balaban J connectivity index is 2.01. The molecule has 4 heteroatoms. The van der Waals surface area contributed by atoms with Crippen molar-refractivity contribution in [3.63, 3.8) is 0 Å². The van der Waals surface area contributed by atoms with Crippen molar-refractivity contribution in [1.82, 2.24) is 4.98 Å². The van der Waals surface area contributed by atoms with Crippen LogP contribution in [0.2, 0.25) is 0 Å². The maximum Gasteiger partial charge on any atom is 0.227 e. The van der Waals surface area contributed by atoms with Crippen LogP contribution < -0.4 is 11.1 Å². The summed E-state index contributed by atoms with van der Waals surface area (Å²) in [5, 5.41) is 4.02. The number of nitrogens with one attached hydrogen (secondary N) is 1. The molecule has 0 spiro atoms. The zero-order valence-electron chi connectivity index (χ0n) is 12.7. The summed E-state index contributed by atoms with van der Waals surface area (Å²) < 4.78 is 0. The standard InChI is InChI=1S/C17H23N3O/c1-12(6-3-7-13(2)18)17(21)20-15-10-4-8-14-9-5-11-19-16(14)15/h4-5,8-13H,3,6-7,18H2,1-2H3,(H,20,21). The third-order valence-corrected chi connectivity index (χ3v) is 3.63. The summed E-state index contributed by atoms with van der Waals surface area (Å²) in [6.07, 6.45) is 4.52. The zero-order chi connectivity index (χ0) is 15.2. The molecule has 0 fully saturated rings. The number of fused-ring (bicyclic) bond motifs is 1. The van der Waals surface area contributed by atoms with Crippen LogP contribution in [0.5, 0.6) is 0 Å². The van der Waals surface area contributed by atoms with Crippen molar-refractivity contribution >= 4 is 22.5 Å². The third kappa shape index (κ3) is 4.26. The Morgan fingerprint density at radius 1 is 1.24 bits per heavy atom. The van der Waals surface area contributed by atoms with Crippen molar-refractivity contribution in [3.8, 4) is 0 Å². The van der Waals surface area contributed by atoms with Crippen LogP contribution in [-0.2, 0) is 4.79 Å². The molecule has 0 bridgehead atoms. The molecule has 4 nitrogen and oxygen atoms in total. The van der Waals surface area contributed by atoms with E-state index >= 15 is 0 Å². The summed E-state index contributed by atoms with van der Waals surface area (Å²) in [4.78, 5) is 16.6. The average Bonchev–Trinajstić information content (AvgIpc) is 2.47. The summed E-state index contributed by atoms with van der Waals surface area (Å²) in [5.41, 5.74) is 7.34.